The van der Waals surface area contributed by atoms with Crippen molar-refractivity contribution in [1.82, 2.24) is 14.5 Å². The SMILES string of the molecule is NC(=O)COc1ccc2c(c1)S(=O)(=O)NC(c1c(O)c(-c3cccs3)nn(CCC3CC3)c1=O)=N2. The van der Waals surface area contributed by atoms with Crippen molar-refractivity contribution >= 4 is 38.8 Å². The molecule has 0 radical (unpaired) electrons. The third-order valence-corrected chi connectivity index (χ3v) is 7.88. The Bertz CT molecular complexity index is 1510. The predicted octanol–water partition coefficient (Wildman–Crippen LogP) is 1.71. The van der Waals surface area contributed by atoms with Gasteiger partial charge in [-0.05, 0) is 35.9 Å². The normalized spacial score (nSPS) is 16.2. The Labute approximate surface area is 203 Å². The number of hydrogen-bond acceptors (Lipinski definition) is 9. The fourth-order valence-corrected chi connectivity index (χ4v) is 5.58. The number of aryl methyl sites for hydroxylation is 1. The van der Waals surface area contributed by atoms with Gasteiger partial charge in [-0.1, -0.05) is 18.9 Å². The van der Waals surface area contributed by atoms with E-state index in [0.29, 0.717) is 17.3 Å². The Morgan fingerprint density at radius 1 is 1.31 bits per heavy atom. The number of fused-ring (bicyclic) bond motifs is 1. The van der Waals surface area contributed by atoms with E-state index in [-0.39, 0.29) is 33.4 Å². The van der Waals surface area contributed by atoms with Crippen LogP contribution in [0.15, 0.2) is 50.4 Å². The van der Waals surface area contributed by atoms with Gasteiger partial charge in [-0.3, -0.25) is 14.3 Å². The molecule has 1 amide bonds. The van der Waals surface area contributed by atoms with Crippen LogP contribution in [-0.4, -0.2) is 41.7 Å². The van der Waals surface area contributed by atoms with Crippen LogP contribution in [0.2, 0.25) is 0 Å². The summed E-state index contributed by atoms with van der Waals surface area (Å²) in [5.41, 5.74) is 4.37. The van der Waals surface area contributed by atoms with Crippen molar-refractivity contribution in [3.05, 3.63) is 51.6 Å². The van der Waals surface area contributed by atoms with E-state index in [0.717, 1.165) is 19.3 Å². The summed E-state index contributed by atoms with van der Waals surface area (Å²) in [5.74, 6) is -0.815. The van der Waals surface area contributed by atoms with Gasteiger partial charge in [-0.15, -0.1) is 11.3 Å². The van der Waals surface area contributed by atoms with E-state index in [1.54, 1.807) is 12.1 Å². The molecule has 1 fully saturated rings. The zero-order chi connectivity index (χ0) is 24.7. The lowest BCUT2D eigenvalue weighted by Crippen LogP contribution is -2.39. The number of hydrogen-bond donors (Lipinski definition) is 3. The summed E-state index contributed by atoms with van der Waals surface area (Å²) in [4.78, 5) is 29.0. The number of aromatic nitrogens is 2. The lowest BCUT2D eigenvalue weighted by Gasteiger charge is -2.20. The van der Waals surface area contributed by atoms with Crippen molar-refractivity contribution in [3.8, 4) is 22.1 Å². The van der Waals surface area contributed by atoms with Gasteiger partial charge in [0.05, 0.1) is 10.6 Å². The molecule has 2 aromatic heterocycles. The highest BCUT2D eigenvalue weighted by Crippen LogP contribution is 2.36. The fraction of sp³-hybridized carbons (Fsp3) is 0.273. The van der Waals surface area contributed by atoms with Gasteiger partial charge in [-0.2, -0.15) is 5.10 Å². The number of carbonyl (C=O) groups is 1. The van der Waals surface area contributed by atoms with Crippen molar-refractivity contribution in [2.45, 2.75) is 30.7 Å². The van der Waals surface area contributed by atoms with Gasteiger partial charge in [0.2, 0.25) is 0 Å². The van der Waals surface area contributed by atoms with Crippen LogP contribution in [0.3, 0.4) is 0 Å². The van der Waals surface area contributed by atoms with Gasteiger partial charge in [0.25, 0.3) is 21.5 Å². The van der Waals surface area contributed by atoms with Crippen LogP contribution in [-0.2, 0) is 21.4 Å². The second kappa shape index (κ2) is 8.82. The van der Waals surface area contributed by atoms with Gasteiger partial charge < -0.3 is 15.6 Å². The molecule has 3 aromatic rings. The number of nitrogens with one attached hydrogen (secondary N) is 1. The molecule has 0 unspecified atom stereocenters. The first kappa shape index (κ1) is 23.1. The number of aromatic hydroxyl groups is 1. The fourth-order valence-electron chi connectivity index (χ4n) is 3.70. The summed E-state index contributed by atoms with van der Waals surface area (Å²) in [7, 11) is -4.18. The lowest BCUT2D eigenvalue weighted by atomic mass is 10.1. The summed E-state index contributed by atoms with van der Waals surface area (Å²) >= 11 is 1.33. The number of thiophene rings is 1. The molecule has 4 N–H and O–H groups in total. The second-order valence-corrected chi connectivity index (χ2v) is 10.9. The number of aliphatic imine (C=N–C) groups is 1. The van der Waals surface area contributed by atoms with Crippen LogP contribution in [0.4, 0.5) is 5.69 Å². The van der Waals surface area contributed by atoms with E-state index in [4.69, 9.17) is 10.5 Å². The number of ether oxygens (including phenoxy) is 1. The third kappa shape index (κ3) is 4.64. The summed E-state index contributed by atoms with van der Waals surface area (Å²) < 4.78 is 34.8. The molecule has 5 rings (SSSR count). The minimum absolute atomic E-state index is 0.0444. The Morgan fingerprint density at radius 2 is 2.11 bits per heavy atom. The Morgan fingerprint density at radius 3 is 2.80 bits per heavy atom. The summed E-state index contributed by atoms with van der Waals surface area (Å²) in [6, 6.07) is 7.56. The number of primary amides is 1. The molecule has 13 heteroatoms. The Balaban J connectivity index is 1.62. The highest BCUT2D eigenvalue weighted by Gasteiger charge is 2.32. The number of nitrogens with zero attached hydrogens (tertiary/aromatic N) is 3. The zero-order valence-corrected chi connectivity index (χ0v) is 19.9. The molecule has 0 bridgehead atoms. The molecule has 1 aliphatic heterocycles. The molecule has 11 nitrogen and oxygen atoms in total. The number of amidine groups is 1. The molecule has 1 aliphatic carbocycles. The molecule has 0 spiro atoms. The van der Waals surface area contributed by atoms with Gasteiger partial charge in [0.15, 0.2) is 18.2 Å². The minimum Gasteiger partial charge on any atom is -0.505 e. The quantitative estimate of drug-likeness (QED) is 0.411. The molecule has 182 valence electrons. The maximum atomic E-state index is 13.3. The number of sulfonamides is 1. The van der Waals surface area contributed by atoms with Gasteiger partial charge in [-0.25, -0.2) is 18.1 Å². The monoisotopic (exact) mass is 515 g/mol. The van der Waals surface area contributed by atoms with Crippen LogP contribution < -0.4 is 20.8 Å². The maximum absolute atomic E-state index is 13.3. The van der Waals surface area contributed by atoms with E-state index >= 15 is 0 Å². The van der Waals surface area contributed by atoms with E-state index in [1.807, 2.05) is 5.38 Å². The maximum Gasteiger partial charge on any atom is 0.281 e. The van der Waals surface area contributed by atoms with E-state index in [9.17, 15) is 23.1 Å². The topological polar surface area (TPSA) is 166 Å². The average Bonchev–Trinajstić information content (AvgIpc) is 3.48. The first-order chi connectivity index (χ1) is 16.7. The van der Waals surface area contributed by atoms with E-state index in [2.05, 4.69) is 14.8 Å². The molecular weight excluding hydrogens is 494 g/mol. The zero-order valence-electron chi connectivity index (χ0n) is 18.3. The number of rotatable bonds is 8. The largest absolute Gasteiger partial charge is 0.505 e. The van der Waals surface area contributed by atoms with Crippen LogP contribution in [0.5, 0.6) is 11.5 Å². The van der Waals surface area contributed by atoms with Crippen LogP contribution in [0, 0.1) is 5.92 Å². The van der Waals surface area contributed by atoms with Crippen molar-refractivity contribution in [2.75, 3.05) is 6.61 Å². The van der Waals surface area contributed by atoms with Gasteiger partial charge in [0, 0.05) is 12.6 Å². The van der Waals surface area contributed by atoms with Crippen LogP contribution in [0.25, 0.3) is 10.6 Å². The van der Waals surface area contributed by atoms with E-state index < -0.39 is 33.8 Å². The Hall–Kier alpha value is -3.71. The molecule has 1 saturated carbocycles. The molecule has 0 atom stereocenters. The molecular formula is C22H21N5O6S2. The Kier molecular flexibility index (Phi) is 5.81. The van der Waals surface area contributed by atoms with Crippen LogP contribution >= 0.6 is 11.3 Å². The van der Waals surface area contributed by atoms with Crippen molar-refractivity contribution in [1.29, 1.82) is 0 Å². The highest BCUT2D eigenvalue weighted by atomic mass is 32.2. The predicted molar refractivity (Wildman–Crippen MR) is 128 cm³/mol. The lowest BCUT2D eigenvalue weighted by molar-refractivity contribution is -0.119. The molecule has 3 heterocycles. The summed E-state index contributed by atoms with van der Waals surface area (Å²) in [5, 5.41) is 17.2. The second-order valence-electron chi connectivity index (χ2n) is 8.26. The highest BCUT2D eigenvalue weighted by molar-refractivity contribution is 7.90. The average molecular weight is 516 g/mol. The number of carbonyl (C=O) groups excluding carboxylic acids is 1. The summed E-state index contributed by atoms with van der Waals surface area (Å²) in [6.45, 7) is -0.0795. The summed E-state index contributed by atoms with van der Waals surface area (Å²) in [6.07, 6.45) is 2.97. The number of amides is 1. The number of benzene rings is 1. The molecule has 1 aromatic carbocycles. The first-order valence-corrected chi connectivity index (χ1v) is 13.1. The van der Waals surface area contributed by atoms with Crippen molar-refractivity contribution < 1.29 is 23.1 Å². The van der Waals surface area contributed by atoms with Gasteiger partial charge >= 0.3 is 0 Å². The smallest absolute Gasteiger partial charge is 0.281 e. The van der Waals surface area contributed by atoms with Crippen LogP contribution in [0.1, 0.15) is 24.8 Å². The van der Waals surface area contributed by atoms with E-state index in [1.165, 1.54) is 34.2 Å². The van der Waals surface area contributed by atoms with Crippen molar-refractivity contribution in [3.63, 3.8) is 0 Å². The number of nitrogens with two attached hydrogens (primary N) is 1. The molecule has 2 aliphatic rings. The van der Waals surface area contributed by atoms with Gasteiger partial charge in [0.1, 0.15) is 21.9 Å². The molecule has 35 heavy (non-hydrogen) atoms. The minimum atomic E-state index is -4.18. The standard InChI is InChI=1S/C22H21N5O6S2/c23-17(28)11-33-13-5-6-14-16(10-13)35(31,32)26-21(24-14)18-20(29)19(15-2-1-9-34-15)25-27(22(18)30)8-7-12-3-4-12/h1-2,5-6,9-10,12,29H,3-4,7-8,11H2,(H2,23,28)(H,24,26). The molecule has 0 saturated heterocycles. The third-order valence-electron chi connectivity index (χ3n) is 5.63. The van der Waals surface area contributed by atoms with Crippen molar-refractivity contribution in [2.24, 2.45) is 16.6 Å². The first-order valence-electron chi connectivity index (χ1n) is 10.8.